The van der Waals surface area contributed by atoms with E-state index in [0.29, 0.717) is 0 Å². The minimum Gasteiger partial charge on any atom is -0.463 e. The molecule has 25 heavy (non-hydrogen) atoms. The number of hydrogen-bond acceptors (Lipinski definition) is 7. The van der Waals surface area contributed by atoms with Crippen LogP contribution in [0.1, 0.15) is 32.9 Å². The molecule has 1 fully saturated rings. The third-order valence-electron chi connectivity index (χ3n) is 3.65. The molecule has 0 unspecified atom stereocenters. The minimum absolute atomic E-state index is 0.120. The Bertz CT molecular complexity index is 744. The molecule has 1 aromatic heterocycles. The topological polar surface area (TPSA) is 117 Å². The SMILES string of the molecule is CCC(=O)OC[C@@H]1O[C@H](n2ccc(=O)[nH]c2=O)[C@H](Br)[C@H]1OC(=O)CC. The molecule has 0 saturated carbocycles. The molecule has 9 nitrogen and oxygen atoms in total. The lowest BCUT2D eigenvalue weighted by Crippen LogP contribution is -2.37. The van der Waals surface area contributed by atoms with Gasteiger partial charge in [0, 0.05) is 25.1 Å². The predicted octanol–water partition coefficient (Wildman–Crippen LogP) is 0.472. The van der Waals surface area contributed by atoms with E-state index in [9.17, 15) is 19.2 Å². The molecular weight excluding hydrogens is 400 g/mol. The molecule has 0 aliphatic carbocycles. The minimum atomic E-state index is -0.843. The van der Waals surface area contributed by atoms with Gasteiger partial charge in [-0.05, 0) is 0 Å². The van der Waals surface area contributed by atoms with Gasteiger partial charge in [-0.25, -0.2) is 4.79 Å². The maximum Gasteiger partial charge on any atom is 0.330 e. The van der Waals surface area contributed by atoms with E-state index in [1.165, 1.54) is 16.8 Å². The van der Waals surface area contributed by atoms with Crippen molar-refractivity contribution in [3.8, 4) is 0 Å². The van der Waals surface area contributed by atoms with Crippen LogP contribution in [0, 0.1) is 0 Å². The first-order valence-electron chi connectivity index (χ1n) is 7.83. The maximum atomic E-state index is 12.0. The molecule has 0 bridgehead atoms. The lowest BCUT2D eigenvalue weighted by Gasteiger charge is -2.20. The van der Waals surface area contributed by atoms with Gasteiger partial charge in [0.1, 0.15) is 18.8 Å². The molecule has 0 spiro atoms. The summed E-state index contributed by atoms with van der Waals surface area (Å²) < 4.78 is 17.4. The van der Waals surface area contributed by atoms with Crippen LogP contribution in [0.4, 0.5) is 0 Å². The average molecular weight is 419 g/mol. The second-order valence-corrected chi connectivity index (χ2v) is 6.43. The lowest BCUT2D eigenvalue weighted by molar-refractivity contribution is -0.157. The maximum absolute atomic E-state index is 12.0. The summed E-state index contributed by atoms with van der Waals surface area (Å²) in [5.41, 5.74) is -1.19. The van der Waals surface area contributed by atoms with Gasteiger partial charge in [0.25, 0.3) is 5.56 Å². The van der Waals surface area contributed by atoms with E-state index < -0.39 is 46.5 Å². The second-order valence-electron chi connectivity index (χ2n) is 5.37. The fraction of sp³-hybridized carbons (Fsp3) is 0.600. The molecule has 1 N–H and O–H groups in total. The van der Waals surface area contributed by atoms with E-state index >= 15 is 0 Å². The van der Waals surface area contributed by atoms with Gasteiger partial charge < -0.3 is 14.2 Å². The van der Waals surface area contributed by atoms with Gasteiger partial charge in [0.05, 0.1) is 4.83 Å². The fourth-order valence-electron chi connectivity index (χ4n) is 2.33. The molecular formula is C15H19BrN2O7. The van der Waals surface area contributed by atoms with Crippen LogP contribution in [0.15, 0.2) is 21.9 Å². The van der Waals surface area contributed by atoms with Gasteiger partial charge in [0.15, 0.2) is 6.23 Å². The molecule has 2 rings (SSSR count). The number of esters is 2. The summed E-state index contributed by atoms with van der Waals surface area (Å²) in [6, 6.07) is 1.18. The summed E-state index contributed by atoms with van der Waals surface area (Å²) >= 11 is 3.39. The van der Waals surface area contributed by atoms with E-state index in [1.54, 1.807) is 13.8 Å². The van der Waals surface area contributed by atoms with Crippen molar-refractivity contribution in [2.45, 2.75) is 50.0 Å². The lowest BCUT2D eigenvalue weighted by atomic mass is 10.2. The van der Waals surface area contributed by atoms with E-state index in [1.807, 2.05) is 0 Å². The quantitative estimate of drug-likeness (QED) is 0.526. The molecule has 1 saturated heterocycles. The highest BCUT2D eigenvalue weighted by molar-refractivity contribution is 9.09. The monoisotopic (exact) mass is 418 g/mol. The van der Waals surface area contributed by atoms with Gasteiger partial charge in [0.2, 0.25) is 0 Å². The van der Waals surface area contributed by atoms with Crippen molar-refractivity contribution < 1.29 is 23.8 Å². The number of aromatic nitrogens is 2. The van der Waals surface area contributed by atoms with Gasteiger partial charge in [-0.3, -0.25) is 23.9 Å². The van der Waals surface area contributed by atoms with E-state index in [4.69, 9.17) is 14.2 Å². The first-order chi connectivity index (χ1) is 11.9. The van der Waals surface area contributed by atoms with E-state index in [2.05, 4.69) is 20.9 Å². The predicted molar refractivity (Wildman–Crippen MR) is 89.4 cm³/mol. The van der Waals surface area contributed by atoms with Crippen molar-refractivity contribution in [2.24, 2.45) is 0 Å². The third-order valence-corrected chi connectivity index (χ3v) is 4.62. The van der Waals surface area contributed by atoms with Gasteiger partial charge >= 0.3 is 17.6 Å². The molecule has 1 aliphatic rings. The molecule has 1 aromatic rings. The summed E-state index contributed by atoms with van der Waals surface area (Å²) in [5, 5.41) is 0. The smallest absolute Gasteiger partial charge is 0.330 e. The third kappa shape index (κ3) is 4.57. The number of carbonyl (C=O) groups excluding carboxylic acids is 2. The Kier molecular flexibility index (Phi) is 6.54. The zero-order valence-corrected chi connectivity index (χ0v) is 15.4. The van der Waals surface area contributed by atoms with Crippen LogP contribution >= 0.6 is 15.9 Å². The molecule has 138 valence electrons. The summed E-state index contributed by atoms with van der Waals surface area (Å²) in [5.74, 6) is -0.862. The van der Waals surface area contributed by atoms with Crippen molar-refractivity contribution in [2.75, 3.05) is 6.61 Å². The van der Waals surface area contributed by atoms with Crippen LogP contribution < -0.4 is 11.2 Å². The number of rotatable bonds is 6. The van der Waals surface area contributed by atoms with Gasteiger partial charge in [-0.2, -0.15) is 0 Å². The number of nitrogens with zero attached hydrogens (tertiary/aromatic N) is 1. The molecule has 10 heteroatoms. The summed E-state index contributed by atoms with van der Waals surface area (Å²) in [4.78, 5) is 47.8. The number of halogens is 1. The van der Waals surface area contributed by atoms with Crippen LogP contribution in [0.5, 0.6) is 0 Å². The first-order valence-corrected chi connectivity index (χ1v) is 8.75. The van der Waals surface area contributed by atoms with Gasteiger partial charge in [-0.1, -0.05) is 29.8 Å². The summed E-state index contributed by atoms with van der Waals surface area (Å²) in [7, 11) is 0. The van der Waals surface area contributed by atoms with Crippen LogP contribution in [0.3, 0.4) is 0 Å². The largest absolute Gasteiger partial charge is 0.463 e. The fourth-order valence-corrected chi connectivity index (χ4v) is 3.16. The first kappa shape index (κ1) is 19.4. The van der Waals surface area contributed by atoms with Crippen molar-refractivity contribution >= 4 is 27.9 Å². The molecule has 2 heterocycles. The Labute approximate surface area is 151 Å². The van der Waals surface area contributed by atoms with Crippen molar-refractivity contribution in [1.29, 1.82) is 0 Å². The van der Waals surface area contributed by atoms with Gasteiger partial charge in [-0.15, -0.1) is 0 Å². The van der Waals surface area contributed by atoms with Crippen LogP contribution in [0.25, 0.3) is 0 Å². The molecule has 1 aliphatic heterocycles. The number of H-pyrrole nitrogens is 1. The number of nitrogens with one attached hydrogen (secondary N) is 1. The summed E-state index contributed by atoms with van der Waals surface area (Å²) in [6.07, 6.45) is -0.697. The van der Waals surface area contributed by atoms with Crippen LogP contribution in [-0.2, 0) is 23.8 Å². The van der Waals surface area contributed by atoms with Crippen LogP contribution in [0.2, 0.25) is 0 Å². The highest BCUT2D eigenvalue weighted by atomic mass is 79.9. The zero-order valence-electron chi connectivity index (χ0n) is 13.8. The Balaban J connectivity index is 2.25. The van der Waals surface area contributed by atoms with Crippen molar-refractivity contribution in [3.63, 3.8) is 0 Å². The number of ether oxygens (including phenoxy) is 3. The second kappa shape index (κ2) is 8.43. The number of aromatic amines is 1. The Morgan fingerprint density at radius 1 is 1.28 bits per heavy atom. The van der Waals surface area contributed by atoms with Crippen LogP contribution in [-0.4, -0.2) is 45.1 Å². The highest BCUT2D eigenvalue weighted by Gasteiger charge is 2.47. The standard InChI is InChI=1S/C15H19BrN2O7/c1-3-10(20)23-7-8-13(25-11(21)4-2)12(16)14(24-8)18-6-5-9(19)17-15(18)22/h5-6,8,12-14H,3-4,7H2,1-2H3,(H,17,19,22)/t8-,12+,13-,14-/m0/s1. The molecule has 0 radical (unpaired) electrons. The normalized spacial score (nSPS) is 25.6. The Hall–Kier alpha value is -1.94. The molecule has 0 amide bonds. The summed E-state index contributed by atoms with van der Waals surface area (Å²) in [6.45, 7) is 3.19. The average Bonchev–Trinajstić information content (AvgIpc) is 2.88. The highest BCUT2D eigenvalue weighted by Crippen LogP contribution is 2.36. The Morgan fingerprint density at radius 3 is 2.56 bits per heavy atom. The number of carbonyl (C=O) groups is 2. The molecule has 0 aromatic carbocycles. The van der Waals surface area contributed by atoms with E-state index in [-0.39, 0.29) is 19.4 Å². The van der Waals surface area contributed by atoms with E-state index in [0.717, 1.165) is 0 Å². The molecule has 4 atom stereocenters. The number of alkyl halides is 1. The van der Waals surface area contributed by atoms with Crippen molar-refractivity contribution in [3.05, 3.63) is 33.1 Å². The van der Waals surface area contributed by atoms with Crippen molar-refractivity contribution in [1.82, 2.24) is 9.55 Å². The Morgan fingerprint density at radius 2 is 1.96 bits per heavy atom. The zero-order chi connectivity index (χ0) is 18.6. The number of hydrogen-bond donors (Lipinski definition) is 1.